The summed E-state index contributed by atoms with van der Waals surface area (Å²) >= 11 is 0. The second-order valence-electron chi connectivity index (χ2n) is 4.43. The molecule has 0 saturated carbocycles. The number of benzene rings is 1. The van der Waals surface area contributed by atoms with Crippen LogP contribution in [0.1, 0.15) is 24.8 Å². The van der Waals surface area contributed by atoms with Gasteiger partial charge in [-0.15, -0.1) is 0 Å². The molecule has 0 unspecified atom stereocenters. The van der Waals surface area contributed by atoms with Gasteiger partial charge in [-0.3, -0.25) is 0 Å². The number of sulfone groups is 1. The molecule has 104 valence electrons. The first-order valence-corrected chi connectivity index (χ1v) is 8.12. The third kappa shape index (κ3) is 6.82. The number of nitriles is 1. The summed E-state index contributed by atoms with van der Waals surface area (Å²) in [5.41, 5.74) is 1.16. The summed E-state index contributed by atoms with van der Waals surface area (Å²) in [5, 5.41) is 8.36. The van der Waals surface area contributed by atoms with Gasteiger partial charge >= 0.3 is 0 Å². The first-order chi connectivity index (χ1) is 9.03. The maximum absolute atomic E-state index is 11.6. The van der Waals surface area contributed by atoms with Crippen molar-refractivity contribution in [2.75, 3.05) is 18.1 Å². The van der Waals surface area contributed by atoms with Crippen LogP contribution in [0.15, 0.2) is 24.3 Å². The number of aryl methyl sites for hydroxylation is 1. The highest BCUT2D eigenvalue weighted by Crippen LogP contribution is 2.11. The van der Waals surface area contributed by atoms with E-state index in [0.29, 0.717) is 25.9 Å². The lowest BCUT2D eigenvalue weighted by Gasteiger charge is -2.06. The van der Waals surface area contributed by atoms with Crippen LogP contribution >= 0.6 is 0 Å². The number of nitrogens with zero attached hydrogens (tertiary/aromatic N) is 1. The standard InChI is InChI=1S/C14H19NO3S/c1-13-5-7-14(8-6-13)18-10-4-12-19(16,17)11-3-2-9-15/h5-8H,2-4,10-12H2,1H3. The van der Waals surface area contributed by atoms with E-state index in [1.54, 1.807) is 0 Å². The number of unbranched alkanes of at least 4 members (excludes halogenated alkanes) is 1. The predicted molar refractivity (Wildman–Crippen MR) is 74.8 cm³/mol. The van der Waals surface area contributed by atoms with E-state index in [-0.39, 0.29) is 11.5 Å². The van der Waals surface area contributed by atoms with Crippen molar-refractivity contribution >= 4 is 9.84 Å². The van der Waals surface area contributed by atoms with Gasteiger partial charge in [-0.2, -0.15) is 5.26 Å². The van der Waals surface area contributed by atoms with Crippen LogP contribution in [0.25, 0.3) is 0 Å². The molecule has 0 aliphatic rings. The maximum atomic E-state index is 11.6. The van der Waals surface area contributed by atoms with Gasteiger partial charge in [0.05, 0.1) is 24.2 Å². The van der Waals surface area contributed by atoms with E-state index in [1.165, 1.54) is 0 Å². The minimum atomic E-state index is -3.05. The van der Waals surface area contributed by atoms with Crippen LogP contribution in [0.5, 0.6) is 5.75 Å². The fourth-order valence-corrected chi connectivity index (χ4v) is 2.92. The Morgan fingerprint density at radius 2 is 1.79 bits per heavy atom. The van der Waals surface area contributed by atoms with E-state index in [0.717, 1.165) is 11.3 Å². The molecule has 0 fully saturated rings. The Labute approximate surface area is 114 Å². The summed E-state index contributed by atoms with van der Waals surface area (Å²) in [5.74, 6) is 0.961. The lowest BCUT2D eigenvalue weighted by Crippen LogP contribution is -2.13. The van der Waals surface area contributed by atoms with Crippen LogP contribution in [0.3, 0.4) is 0 Å². The van der Waals surface area contributed by atoms with Crippen LogP contribution < -0.4 is 4.74 Å². The Morgan fingerprint density at radius 1 is 1.16 bits per heavy atom. The summed E-state index contributed by atoms with van der Waals surface area (Å²) in [7, 11) is -3.05. The smallest absolute Gasteiger partial charge is 0.150 e. The molecule has 0 aliphatic heterocycles. The first kappa shape index (κ1) is 15.5. The second-order valence-corrected chi connectivity index (χ2v) is 6.73. The van der Waals surface area contributed by atoms with Crippen molar-refractivity contribution in [3.05, 3.63) is 29.8 Å². The topological polar surface area (TPSA) is 67.2 Å². The quantitative estimate of drug-likeness (QED) is 0.687. The summed E-state index contributed by atoms with van der Waals surface area (Å²) in [6, 6.07) is 9.59. The molecule has 0 aromatic heterocycles. The molecule has 0 spiro atoms. The van der Waals surface area contributed by atoms with Crippen molar-refractivity contribution in [3.63, 3.8) is 0 Å². The van der Waals surface area contributed by atoms with Gasteiger partial charge in [0.15, 0.2) is 0 Å². The van der Waals surface area contributed by atoms with Gasteiger partial charge in [0.25, 0.3) is 0 Å². The van der Waals surface area contributed by atoms with E-state index in [4.69, 9.17) is 10.00 Å². The first-order valence-electron chi connectivity index (χ1n) is 6.30. The largest absolute Gasteiger partial charge is 0.494 e. The van der Waals surface area contributed by atoms with Crippen molar-refractivity contribution in [2.45, 2.75) is 26.2 Å². The van der Waals surface area contributed by atoms with Gasteiger partial charge in [-0.25, -0.2) is 8.42 Å². The van der Waals surface area contributed by atoms with E-state index < -0.39 is 9.84 Å². The number of hydrogen-bond acceptors (Lipinski definition) is 4. The van der Waals surface area contributed by atoms with Gasteiger partial charge < -0.3 is 4.74 Å². The zero-order valence-electron chi connectivity index (χ0n) is 11.1. The summed E-state index contributed by atoms with van der Waals surface area (Å²) in [4.78, 5) is 0. The summed E-state index contributed by atoms with van der Waals surface area (Å²) in [6.45, 7) is 2.39. The molecule has 0 atom stereocenters. The van der Waals surface area contributed by atoms with Crippen LogP contribution in [-0.4, -0.2) is 26.5 Å². The van der Waals surface area contributed by atoms with Crippen molar-refractivity contribution in [3.8, 4) is 11.8 Å². The summed E-state index contributed by atoms with van der Waals surface area (Å²) < 4.78 is 28.7. The lowest BCUT2D eigenvalue weighted by atomic mass is 10.2. The average Bonchev–Trinajstić information content (AvgIpc) is 2.37. The Bertz CT molecular complexity index is 515. The van der Waals surface area contributed by atoms with Crippen LogP contribution in [0.2, 0.25) is 0 Å². The highest BCUT2D eigenvalue weighted by molar-refractivity contribution is 7.91. The zero-order chi connectivity index (χ0) is 14.1. The van der Waals surface area contributed by atoms with Crippen molar-refractivity contribution in [1.29, 1.82) is 5.26 Å². The van der Waals surface area contributed by atoms with Gasteiger partial charge in [0.2, 0.25) is 0 Å². The van der Waals surface area contributed by atoms with Crippen molar-refractivity contribution < 1.29 is 13.2 Å². The van der Waals surface area contributed by atoms with Gasteiger partial charge in [-0.1, -0.05) is 17.7 Å². The number of hydrogen-bond donors (Lipinski definition) is 0. The summed E-state index contributed by atoms with van der Waals surface area (Å²) in [6.07, 6.45) is 1.18. The molecule has 0 bridgehead atoms. The molecule has 0 radical (unpaired) electrons. The maximum Gasteiger partial charge on any atom is 0.150 e. The normalized spacial score (nSPS) is 10.9. The Balaban J connectivity index is 2.23. The fraction of sp³-hybridized carbons (Fsp3) is 0.500. The number of ether oxygens (including phenoxy) is 1. The predicted octanol–water partition coefficient (Wildman–Crippen LogP) is 2.48. The third-order valence-corrected chi connectivity index (χ3v) is 4.45. The zero-order valence-corrected chi connectivity index (χ0v) is 11.9. The molecular formula is C14H19NO3S. The minimum absolute atomic E-state index is 0.0884. The van der Waals surface area contributed by atoms with Crippen LogP contribution in [0, 0.1) is 18.3 Å². The lowest BCUT2D eigenvalue weighted by molar-refractivity contribution is 0.317. The molecule has 0 amide bonds. The molecule has 1 rings (SSSR count). The minimum Gasteiger partial charge on any atom is -0.494 e. The van der Waals surface area contributed by atoms with Gasteiger partial charge in [0.1, 0.15) is 15.6 Å². The van der Waals surface area contributed by atoms with Gasteiger partial charge in [0, 0.05) is 6.42 Å². The molecule has 0 aliphatic carbocycles. The van der Waals surface area contributed by atoms with Gasteiger partial charge in [-0.05, 0) is 31.9 Å². The SMILES string of the molecule is Cc1ccc(OCCCS(=O)(=O)CCCC#N)cc1. The monoisotopic (exact) mass is 281 g/mol. The van der Waals surface area contributed by atoms with E-state index >= 15 is 0 Å². The average molecular weight is 281 g/mol. The van der Waals surface area contributed by atoms with E-state index in [9.17, 15) is 8.42 Å². The van der Waals surface area contributed by atoms with E-state index in [1.807, 2.05) is 37.3 Å². The highest BCUT2D eigenvalue weighted by Gasteiger charge is 2.09. The second kappa shape index (κ2) is 7.80. The Kier molecular flexibility index (Phi) is 6.37. The van der Waals surface area contributed by atoms with Crippen molar-refractivity contribution in [1.82, 2.24) is 0 Å². The highest BCUT2D eigenvalue weighted by atomic mass is 32.2. The molecule has 4 nitrogen and oxygen atoms in total. The molecular weight excluding hydrogens is 262 g/mol. The Morgan fingerprint density at radius 3 is 2.42 bits per heavy atom. The fourth-order valence-electron chi connectivity index (χ4n) is 1.58. The number of rotatable bonds is 8. The molecule has 5 heteroatoms. The van der Waals surface area contributed by atoms with Crippen molar-refractivity contribution in [2.24, 2.45) is 0 Å². The van der Waals surface area contributed by atoms with E-state index in [2.05, 4.69) is 0 Å². The van der Waals surface area contributed by atoms with Crippen LogP contribution in [0.4, 0.5) is 0 Å². The molecule has 0 heterocycles. The molecule has 1 aromatic carbocycles. The Hall–Kier alpha value is -1.54. The molecule has 19 heavy (non-hydrogen) atoms. The third-order valence-electron chi connectivity index (χ3n) is 2.63. The molecule has 0 saturated heterocycles. The molecule has 1 aromatic rings. The molecule has 0 N–H and O–H groups in total. The van der Waals surface area contributed by atoms with Crippen LogP contribution in [-0.2, 0) is 9.84 Å².